The minimum absolute atomic E-state index is 0.0739. The van der Waals surface area contributed by atoms with E-state index in [1.807, 2.05) is 17.0 Å². The predicted octanol–water partition coefficient (Wildman–Crippen LogP) is 5.33. The second-order valence-corrected chi connectivity index (χ2v) is 10.3. The lowest BCUT2D eigenvalue weighted by Crippen LogP contribution is -2.34. The molecule has 0 bridgehead atoms. The van der Waals surface area contributed by atoms with Gasteiger partial charge in [-0.2, -0.15) is 24.9 Å². The molecule has 1 aliphatic heterocycles. The summed E-state index contributed by atoms with van der Waals surface area (Å²) in [6.45, 7) is 0.702. The van der Waals surface area contributed by atoms with Crippen LogP contribution in [0.1, 0.15) is 42.4 Å². The average molecular weight is 552 g/mol. The number of halogens is 3. The fourth-order valence-corrected chi connectivity index (χ4v) is 5.00. The average Bonchev–Trinajstić information content (AvgIpc) is 3.22. The Morgan fingerprint density at radius 3 is 2.63 bits per heavy atom. The Morgan fingerprint density at radius 1 is 1.16 bits per heavy atom. The molecular formula is C28H32F3NO5S. The maximum absolute atomic E-state index is 12.7. The molecule has 1 aliphatic rings. The number of ether oxygens (including phenoxy) is 1. The summed E-state index contributed by atoms with van der Waals surface area (Å²) in [5, 5.41) is 19.2. The number of carbonyl (C=O) groups excluding carboxylic acids is 1. The standard InChI is InChI=1S/C28H32F3NO5S/c29-28(30,31)22-8-6-20(7-9-22)19-37-25-4-1-3-21(18-25)17-24(33)12-10-23-11-13-26(34)32(23)14-16-38-15-2-5-27(35)36/h1,3-4,6-10,12,18,23-24,33H,2,5,11,13-17,19H2,(H,35,36)/t23-,24+/m0/s1. The van der Waals surface area contributed by atoms with Crippen molar-refractivity contribution < 1.29 is 37.7 Å². The van der Waals surface area contributed by atoms with Crippen LogP contribution in [0.3, 0.4) is 0 Å². The Morgan fingerprint density at radius 2 is 1.92 bits per heavy atom. The van der Waals surface area contributed by atoms with Gasteiger partial charge in [0.1, 0.15) is 12.4 Å². The number of aliphatic carboxylic acids is 1. The van der Waals surface area contributed by atoms with Gasteiger partial charge in [0.25, 0.3) is 0 Å². The Balaban J connectivity index is 1.46. The van der Waals surface area contributed by atoms with Gasteiger partial charge in [0.15, 0.2) is 0 Å². The number of hydrogen-bond acceptors (Lipinski definition) is 5. The Labute approximate surface area is 224 Å². The third-order valence-corrected chi connectivity index (χ3v) is 7.16. The van der Waals surface area contributed by atoms with Crippen LogP contribution in [0.4, 0.5) is 13.2 Å². The Kier molecular flexibility index (Phi) is 11.1. The van der Waals surface area contributed by atoms with Crippen LogP contribution in [0.25, 0.3) is 0 Å². The van der Waals surface area contributed by atoms with Gasteiger partial charge in [-0.25, -0.2) is 0 Å². The van der Waals surface area contributed by atoms with E-state index in [0.29, 0.717) is 43.5 Å². The van der Waals surface area contributed by atoms with Gasteiger partial charge in [-0.1, -0.05) is 36.4 Å². The van der Waals surface area contributed by atoms with Crippen LogP contribution in [-0.4, -0.2) is 57.2 Å². The molecule has 6 nitrogen and oxygen atoms in total. The van der Waals surface area contributed by atoms with Crippen molar-refractivity contribution in [1.29, 1.82) is 0 Å². The molecule has 0 saturated carbocycles. The van der Waals surface area contributed by atoms with Crippen LogP contribution in [-0.2, 0) is 28.8 Å². The number of carbonyl (C=O) groups is 2. The topological polar surface area (TPSA) is 87.1 Å². The molecule has 1 fully saturated rings. The molecule has 0 aliphatic carbocycles. The molecule has 0 unspecified atom stereocenters. The molecular weight excluding hydrogens is 519 g/mol. The number of benzene rings is 2. The monoisotopic (exact) mass is 551 g/mol. The second-order valence-electron chi connectivity index (χ2n) is 9.09. The van der Waals surface area contributed by atoms with Gasteiger partial charge in [0.2, 0.25) is 5.91 Å². The van der Waals surface area contributed by atoms with Crippen molar-refractivity contribution in [3.8, 4) is 5.75 Å². The van der Waals surface area contributed by atoms with Gasteiger partial charge in [-0.3, -0.25) is 9.59 Å². The first kappa shape index (κ1) is 29.6. The maximum Gasteiger partial charge on any atom is 0.416 e. The lowest BCUT2D eigenvalue weighted by molar-refractivity contribution is -0.138. The van der Waals surface area contributed by atoms with E-state index in [1.165, 1.54) is 12.1 Å². The van der Waals surface area contributed by atoms with E-state index in [1.54, 1.807) is 36.0 Å². The van der Waals surface area contributed by atoms with Crippen molar-refractivity contribution in [3.63, 3.8) is 0 Å². The highest BCUT2D eigenvalue weighted by atomic mass is 32.2. The summed E-state index contributed by atoms with van der Waals surface area (Å²) in [6.07, 6.45) is 0.681. The lowest BCUT2D eigenvalue weighted by atomic mass is 10.1. The maximum atomic E-state index is 12.7. The highest BCUT2D eigenvalue weighted by molar-refractivity contribution is 7.99. The molecule has 2 N–H and O–H groups in total. The number of amides is 1. The zero-order valence-corrected chi connectivity index (χ0v) is 21.7. The number of rotatable bonds is 14. The third-order valence-electron chi connectivity index (χ3n) is 6.12. The molecule has 0 radical (unpaired) electrons. The number of thioether (sulfide) groups is 1. The molecule has 3 rings (SSSR count). The van der Waals surface area contributed by atoms with Gasteiger partial charge in [0, 0.05) is 31.6 Å². The number of alkyl halides is 3. The number of aliphatic hydroxyl groups is 1. The molecule has 206 valence electrons. The van der Waals surface area contributed by atoms with E-state index in [4.69, 9.17) is 9.84 Å². The van der Waals surface area contributed by atoms with Crippen LogP contribution < -0.4 is 4.74 Å². The largest absolute Gasteiger partial charge is 0.489 e. The van der Waals surface area contributed by atoms with Gasteiger partial charge in [0.05, 0.1) is 17.7 Å². The van der Waals surface area contributed by atoms with Gasteiger partial charge >= 0.3 is 12.1 Å². The zero-order valence-electron chi connectivity index (χ0n) is 20.9. The molecule has 2 aromatic rings. The van der Waals surface area contributed by atoms with Crippen LogP contribution in [0.15, 0.2) is 60.7 Å². The first-order chi connectivity index (χ1) is 18.1. The van der Waals surface area contributed by atoms with Crippen molar-refractivity contribution in [2.24, 2.45) is 0 Å². The van der Waals surface area contributed by atoms with Crippen molar-refractivity contribution in [3.05, 3.63) is 77.4 Å². The minimum atomic E-state index is -4.38. The highest BCUT2D eigenvalue weighted by Crippen LogP contribution is 2.29. The summed E-state index contributed by atoms with van der Waals surface area (Å²) in [6, 6.07) is 11.9. The molecule has 0 spiro atoms. The van der Waals surface area contributed by atoms with Crippen molar-refractivity contribution in [1.82, 2.24) is 4.90 Å². The van der Waals surface area contributed by atoms with E-state index in [-0.39, 0.29) is 25.0 Å². The van der Waals surface area contributed by atoms with E-state index >= 15 is 0 Å². The third kappa shape index (κ3) is 9.72. The molecule has 2 atom stereocenters. The fourth-order valence-electron chi connectivity index (χ4n) is 4.12. The summed E-state index contributed by atoms with van der Waals surface area (Å²) in [5.74, 6) is 1.30. The lowest BCUT2D eigenvalue weighted by Gasteiger charge is -2.22. The molecule has 1 heterocycles. The quantitative estimate of drug-likeness (QED) is 0.244. The number of likely N-dealkylation sites (tertiary alicyclic amines) is 1. The number of hydrogen-bond donors (Lipinski definition) is 2. The summed E-state index contributed by atoms with van der Waals surface area (Å²) in [5.41, 5.74) is 0.743. The molecule has 0 aromatic heterocycles. The Bertz CT molecular complexity index is 1090. The predicted molar refractivity (Wildman–Crippen MR) is 140 cm³/mol. The van der Waals surface area contributed by atoms with Crippen molar-refractivity contribution in [2.75, 3.05) is 18.1 Å². The normalized spacial score (nSPS) is 16.8. The molecule has 2 aromatic carbocycles. The number of nitrogens with zero attached hydrogens (tertiary/aromatic N) is 1. The van der Waals surface area contributed by atoms with Gasteiger partial charge in [-0.05, 0) is 54.0 Å². The smallest absolute Gasteiger partial charge is 0.416 e. The minimum Gasteiger partial charge on any atom is -0.489 e. The van der Waals surface area contributed by atoms with Crippen LogP contribution in [0.2, 0.25) is 0 Å². The van der Waals surface area contributed by atoms with Gasteiger partial charge < -0.3 is 19.8 Å². The van der Waals surface area contributed by atoms with Crippen molar-refractivity contribution in [2.45, 2.75) is 57.0 Å². The zero-order chi connectivity index (χ0) is 27.5. The molecule has 10 heteroatoms. The molecule has 38 heavy (non-hydrogen) atoms. The number of aliphatic hydroxyl groups excluding tert-OH is 1. The van der Waals surface area contributed by atoms with Crippen LogP contribution in [0.5, 0.6) is 5.75 Å². The van der Waals surface area contributed by atoms with E-state index < -0.39 is 23.8 Å². The first-order valence-corrected chi connectivity index (χ1v) is 13.6. The number of carboxylic acids is 1. The molecule has 1 amide bonds. The van der Waals surface area contributed by atoms with Crippen molar-refractivity contribution >= 4 is 23.6 Å². The first-order valence-electron chi connectivity index (χ1n) is 12.4. The second kappa shape index (κ2) is 14.2. The summed E-state index contributed by atoms with van der Waals surface area (Å²) >= 11 is 1.63. The molecule has 1 saturated heterocycles. The Hall–Kier alpha value is -2.98. The fraction of sp³-hybridized carbons (Fsp3) is 0.429. The highest BCUT2D eigenvalue weighted by Gasteiger charge is 2.30. The number of carboxylic acid groups (broad SMARTS) is 1. The van der Waals surface area contributed by atoms with E-state index in [0.717, 1.165) is 29.2 Å². The summed E-state index contributed by atoms with van der Waals surface area (Å²) in [4.78, 5) is 24.7. The van der Waals surface area contributed by atoms with Gasteiger partial charge in [-0.15, -0.1) is 0 Å². The van der Waals surface area contributed by atoms with Crippen LogP contribution >= 0.6 is 11.8 Å². The van der Waals surface area contributed by atoms with Crippen LogP contribution in [0, 0.1) is 0 Å². The SMILES string of the molecule is O=C(O)CCCSCCN1C(=O)CC[C@@H]1C=C[C@@H](O)Cc1cccc(OCc2ccc(C(F)(F)F)cc2)c1. The summed E-state index contributed by atoms with van der Waals surface area (Å²) < 4.78 is 43.9. The van der Waals surface area contributed by atoms with E-state index in [9.17, 15) is 27.9 Å². The van der Waals surface area contributed by atoms with E-state index in [2.05, 4.69) is 0 Å². The summed E-state index contributed by atoms with van der Waals surface area (Å²) in [7, 11) is 0.